The van der Waals surface area contributed by atoms with Crippen molar-refractivity contribution in [2.75, 3.05) is 6.61 Å². The number of hydrogen-bond donors (Lipinski definition) is 0. The third kappa shape index (κ3) is 9.77. The van der Waals surface area contributed by atoms with Crippen LogP contribution in [0.2, 0.25) is 0 Å². The molecule has 1 atom stereocenters. The lowest BCUT2D eigenvalue weighted by molar-refractivity contribution is -0.145. The van der Waals surface area contributed by atoms with E-state index in [1.165, 1.54) is 19.3 Å². The van der Waals surface area contributed by atoms with Gasteiger partial charge in [0.15, 0.2) is 0 Å². The monoisotopic (exact) mass is 217 g/mol. The molecule has 0 saturated carbocycles. The van der Waals surface area contributed by atoms with Crippen LogP contribution in [0.3, 0.4) is 0 Å². The molecule has 1 unspecified atom stereocenters. The van der Waals surface area contributed by atoms with Crippen molar-refractivity contribution in [2.45, 2.75) is 65.6 Å². The summed E-state index contributed by atoms with van der Waals surface area (Å²) in [5.74, 6) is -0.314. The molecule has 0 aliphatic carbocycles. The number of carbonyl (C=O) groups is 1. The van der Waals surface area contributed by atoms with Crippen molar-refractivity contribution in [2.24, 2.45) is 5.92 Å². The van der Waals surface area contributed by atoms with E-state index in [0.29, 0.717) is 6.42 Å². The molecule has 0 saturated heterocycles. The Labute approximate surface area is 98.6 Å². The van der Waals surface area contributed by atoms with Crippen molar-refractivity contribution in [3.8, 4) is 0 Å². The second-order valence-electron chi connectivity index (χ2n) is 4.16. The van der Waals surface area contributed by atoms with Crippen LogP contribution in [-0.2, 0) is 9.53 Å². The summed E-state index contributed by atoms with van der Waals surface area (Å²) in [6, 6.07) is 0. The van der Waals surface area contributed by atoms with E-state index in [1.54, 1.807) is 6.92 Å². The van der Waals surface area contributed by atoms with Crippen molar-refractivity contribution in [1.82, 2.24) is 0 Å². The molecule has 0 aromatic heterocycles. The van der Waals surface area contributed by atoms with Gasteiger partial charge in [0, 0.05) is 10.5 Å². The molecule has 0 N–H and O–H groups in total. The first-order valence-electron chi connectivity index (χ1n) is 7.50. The van der Waals surface area contributed by atoms with Crippen LogP contribution in [-0.4, -0.2) is 12.6 Å². The lowest BCUT2D eigenvalue weighted by atomic mass is 10.1. The van der Waals surface area contributed by atoms with Gasteiger partial charge in [-0.1, -0.05) is 52.8 Å². The molecule has 0 aromatic rings. The van der Waals surface area contributed by atoms with Gasteiger partial charge < -0.3 is 4.74 Å². The molecule has 15 heavy (non-hydrogen) atoms. The number of ether oxygens (including phenoxy) is 1. The van der Waals surface area contributed by atoms with Crippen LogP contribution in [0, 0.1) is 5.92 Å². The highest BCUT2D eigenvalue weighted by Gasteiger charge is 2.05. The van der Waals surface area contributed by atoms with E-state index in [2.05, 4.69) is 6.92 Å². The summed E-state index contributed by atoms with van der Waals surface area (Å²) in [5, 5.41) is 0. The molecule has 0 aromatic carbocycles. The van der Waals surface area contributed by atoms with Gasteiger partial charge in [-0.3, -0.25) is 4.79 Å². The molecule has 0 amide bonds. The van der Waals surface area contributed by atoms with Gasteiger partial charge in [-0.2, -0.15) is 0 Å². The summed E-state index contributed by atoms with van der Waals surface area (Å²) in [5.41, 5.74) is 0. The molecule has 2 nitrogen and oxygen atoms in total. The van der Waals surface area contributed by atoms with Crippen LogP contribution in [0.25, 0.3) is 0 Å². The number of rotatable bonds is 9. The number of unbranched alkanes of at least 4 members (excludes halogenated alkanes) is 4. The van der Waals surface area contributed by atoms with E-state index < -0.39 is 6.85 Å². The lowest BCUT2D eigenvalue weighted by Crippen LogP contribution is -2.11. The largest absolute Gasteiger partial charge is 0.465 e. The van der Waals surface area contributed by atoms with Gasteiger partial charge in [0.25, 0.3) is 0 Å². The minimum atomic E-state index is -1.94. The Morgan fingerprint density at radius 3 is 2.73 bits per heavy atom. The van der Waals surface area contributed by atoms with Gasteiger partial charge in [0.2, 0.25) is 0 Å². The molecule has 0 radical (unpaired) electrons. The average molecular weight is 217 g/mol. The number of hydrogen-bond acceptors (Lipinski definition) is 2. The Morgan fingerprint density at radius 2 is 2.07 bits per heavy atom. The summed E-state index contributed by atoms with van der Waals surface area (Å²) in [4.78, 5) is 11.4. The molecule has 0 aliphatic rings. The van der Waals surface area contributed by atoms with Crippen molar-refractivity contribution in [1.29, 1.82) is 0 Å². The predicted molar refractivity (Wildman–Crippen MR) is 63.8 cm³/mol. The zero-order valence-corrected chi connectivity index (χ0v) is 10.1. The van der Waals surface area contributed by atoms with E-state index in [4.69, 9.17) is 8.85 Å². The third-order valence-electron chi connectivity index (χ3n) is 2.36. The first kappa shape index (κ1) is 9.68. The van der Waals surface area contributed by atoms with Crippen molar-refractivity contribution < 1.29 is 13.6 Å². The summed E-state index contributed by atoms with van der Waals surface area (Å²) in [6.07, 6.45) is 6.04. The zero-order chi connectivity index (χ0) is 14.0. The van der Waals surface area contributed by atoms with E-state index in [-0.39, 0.29) is 24.9 Å². The van der Waals surface area contributed by atoms with E-state index >= 15 is 0 Å². The SMILES string of the molecule is [2H]C([2H])([2H])CC(C)COC(=O)CCCCCCC. The Morgan fingerprint density at radius 1 is 1.33 bits per heavy atom. The molecule has 0 rings (SSSR count). The van der Waals surface area contributed by atoms with Gasteiger partial charge in [0.1, 0.15) is 0 Å². The fourth-order valence-electron chi connectivity index (χ4n) is 1.24. The standard InChI is InChI=1S/C13H26O2/c1-4-6-7-8-9-10-13(14)15-11-12(3)5-2/h12H,4-11H2,1-3H3/i2D3. The quantitative estimate of drug-likeness (QED) is 0.432. The fraction of sp³-hybridized carbons (Fsp3) is 0.923. The van der Waals surface area contributed by atoms with Crippen LogP contribution < -0.4 is 0 Å². The van der Waals surface area contributed by atoms with E-state index in [9.17, 15) is 4.79 Å². The van der Waals surface area contributed by atoms with Crippen molar-refractivity contribution in [3.63, 3.8) is 0 Å². The lowest BCUT2D eigenvalue weighted by Gasteiger charge is -2.09. The number of carbonyl (C=O) groups excluding carboxylic acids is 1. The van der Waals surface area contributed by atoms with Gasteiger partial charge in [-0.05, 0) is 12.3 Å². The Bertz CT molecular complexity index is 227. The summed E-state index contributed by atoms with van der Waals surface area (Å²) < 4.78 is 26.4. The topological polar surface area (TPSA) is 26.3 Å². The summed E-state index contributed by atoms with van der Waals surface area (Å²) in [6.45, 7) is 2.22. The molecule has 90 valence electrons. The highest BCUT2D eigenvalue weighted by atomic mass is 16.5. The molecule has 0 aliphatic heterocycles. The number of esters is 1. The molecular weight excluding hydrogens is 188 g/mol. The minimum Gasteiger partial charge on any atom is -0.465 e. The maximum atomic E-state index is 11.4. The van der Waals surface area contributed by atoms with Gasteiger partial charge in [-0.15, -0.1) is 0 Å². The van der Waals surface area contributed by atoms with Crippen LogP contribution in [0.1, 0.15) is 69.8 Å². The second-order valence-corrected chi connectivity index (χ2v) is 4.16. The third-order valence-corrected chi connectivity index (χ3v) is 2.36. The normalized spacial score (nSPS) is 16.3. The first-order valence-corrected chi connectivity index (χ1v) is 6.00. The second kappa shape index (κ2) is 10.0. The maximum Gasteiger partial charge on any atom is 0.305 e. The Kier molecular flexibility index (Phi) is 6.45. The highest BCUT2D eigenvalue weighted by Crippen LogP contribution is 2.07. The van der Waals surface area contributed by atoms with Gasteiger partial charge in [0.05, 0.1) is 6.61 Å². The van der Waals surface area contributed by atoms with Crippen LogP contribution in [0.5, 0.6) is 0 Å². The Balaban J connectivity index is 3.52. The van der Waals surface area contributed by atoms with Crippen LogP contribution >= 0.6 is 0 Å². The Hall–Kier alpha value is -0.530. The molecular formula is C13H26O2. The van der Waals surface area contributed by atoms with Crippen LogP contribution in [0.15, 0.2) is 0 Å². The minimum absolute atomic E-state index is 0.0940. The predicted octanol–water partition coefficient (Wildman–Crippen LogP) is 3.94. The van der Waals surface area contributed by atoms with E-state index in [1.807, 2.05) is 0 Å². The van der Waals surface area contributed by atoms with Crippen molar-refractivity contribution >= 4 is 5.97 Å². The first-order chi connectivity index (χ1) is 8.35. The summed E-state index contributed by atoms with van der Waals surface area (Å²) >= 11 is 0. The fourth-order valence-corrected chi connectivity index (χ4v) is 1.24. The highest BCUT2D eigenvalue weighted by molar-refractivity contribution is 5.69. The van der Waals surface area contributed by atoms with Gasteiger partial charge in [-0.25, -0.2) is 0 Å². The van der Waals surface area contributed by atoms with Gasteiger partial charge >= 0.3 is 5.97 Å². The maximum absolute atomic E-state index is 11.4. The molecule has 0 heterocycles. The van der Waals surface area contributed by atoms with Crippen molar-refractivity contribution in [3.05, 3.63) is 0 Å². The van der Waals surface area contributed by atoms with E-state index in [0.717, 1.165) is 12.8 Å². The summed E-state index contributed by atoms with van der Waals surface area (Å²) in [7, 11) is 0. The molecule has 2 heteroatoms. The molecule has 0 fully saturated rings. The van der Waals surface area contributed by atoms with Crippen LogP contribution in [0.4, 0.5) is 0 Å². The molecule has 0 bridgehead atoms. The smallest absolute Gasteiger partial charge is 0.305 e. The average Bonchev–Trinajstić information content (AvgIpc) is 2.24. The molecule has 0 spiro atoms. The zero-order valence-electron chi connectivity index (χ0n) is 13.1.